The molecule has 0 radical (unpaired) electrons. The van der Waals surface area contributed by atoms with E-state index in [1.807, 2.05) is 60.0 Å². The van der Waals surface area contributed by atoms with Gasteiger partial charge in [0.15, 0.2) is 11.0 Å². The van der Waals surface area contributed by atoms with Crippen molar-refractivity contribution in [1.29, 1.82) is 0 Å². The molecule has 3 rings (SSSR count). The SMILES string of the molecule is CCn1c(SCC(=O)Nc2ccc(Br)cc2)nnc1-c1ccc(OC)cc1. The lowest BCUT2D eigenvalue weighted by molar-refractivity contribution is -0.113. The van der Waals surface area contributed by atoms with E-state index in [0.717, 1.165) is 27.3 Å². The number of aromatic nitrogens is 3. The van der Waals surface area contributed by atoms with Crippen molar-refractivity contribution in [3.63, 3.8) is 0 Å². The van der Waals surface area contributed by atoms with Gasteiger partial charge in [-0.15, -0.1) is 10.2 Å². The number of carbonyl (C=O) groups is 1. The van der Waals surface area contributed by atoms with E-state index in [9.17, 15) is 4.79 Å². The summed E-state index contributed by atoms with van der Waals surface area (Å²) in [7, 11) is 1.64. The summed E-state index contributed by atoms with van der Waals surface area (Å²) in [5.74, 6) is 1.74. The molecule has 140 valence electrons. The minimum Gasteiger partial charge on any atom is -0.497 e. The standard InChI is InChI=1S/C19H19BrN4O2S/c1-3-24-18(13-4-10-16(26-2)11-5-13)22-23-19(24)27-12-17(25)21-15-8-6-14(20)7-9-15/h4-11H,3,12H2,1-2H3,(H,21,25). The fraction of sp³-hybridized carbons (Fsp3) is 0.211. The topological polar surface area (TPSA) is 69.0 Å². The zero-order valence-corrected chi connectivity index (χ0v) is 17.4. The first-order chi connectivity index (χ1) is 13.1. The second-order valence-corrected chi connectivity index (χ2v) is 7.48. The molecule has 1 aromatic heterocycles. The van der Waals surface area contributed by atoms with Gasteiger partial charge in [0.2, 0.25) is 5.91 Å². The van der Waals surface area contributed by atoms with E-state index in [1.54, 1.807) is 7.11 Å². The highest BCUT2D eigenvalue weighted by Crippen LogP contribution is 2.25. The number of hydrogen-bond donors (Lipinski definition) is 1. The Morgan fingerprint density at radius 2 is 1.85 bits per heavy atom. The molecule has 0 atom stereocenters. The number of anilines is 1. The van der Waals surface area contributed by atoms with E-state index in [2.05, 4.69) is 31.4 Å². The lowest BCUT2D eigenvalue weighted by atomic mass is 10.2. The summed E-state index contributed by atoms with van der Waals surface area (Å²) in [6.45, 7) is 2.74. The maximum Gasteiger partial charge on any atom is 0.234 e. The molecule has 0 unspecified atom stereocenters. The molecule has 2 aromatic carbocycles. The summed E-state index contributed by atoms with van der Waals surface area (Å²) < 4.78 is 8.16. The minimum absolute atomic E-state index is 0.0843. The molecular weight excluding hydrogens is 428 g/mol. The number of rotatable bonds is 7. The van der Waals surface area contributed by atoms with Crippen molar-refractivity contribution in [2.24, 2.45) is 0 Å². The second kappa shape index (κ2) is 9.05. The van der Waals surface area contributed by atoms with Crippen LogP contribution in [-0.2, 0) is 11.3 Å². The van der Waals surface area contributed by atoms with E-state index >= 15 is 0 Å². The molecule has 27 heavy (non-hydrogen) atoms. The van der Waals surface area contributed by atoms with Gasteiger partial charge in [0.25, 0.3) is 0 Å². The van der Waals surface area contributed by atoms with Gasteiger partial charge in [-0.25, -0.2) is 0 Å². The third kappa shape index (κ3) is 4.90. The maximum absolute atomic E-state index is 12.2. The van der Waals surface area contributed by atoms with Crippen LogP contribution in [-0.4, -0.2) is 33.5 Å². The molecule has 8 heteroatoms. The molecule has 3 aromatic rings. The average molecular weight is 447 g/mol. The maximum atomic E-state index is 12.2. The average Bonchev–Trinajstić information content (AvgIpc) is 3.11. The Hall–Kier alpha value is -2.32. The summed E-state index contributed by atoms with van der Waals surface area (Å²) in [6.07, 6.45) is 0. The van der Waals surface area contributed by atoms with Crippen LogP contribution in [0.15, 0.2) is 58.2 Å². The van der Waals surface area contributed by atoms with Crippen LogP contribution in [0.4, 0.5) is 5.69 Å². The Kier molecular flexibility index (Phi) is 6.52. The van der Waals surface area contributed by atoms with Gasteiger partial charge < -0.3 is 14.6 Å². The van der Waals surface area contributed by atoms with E-state index < -0.39 is 0 Å². The van der Waals surface area contributed by atoms with Gasteiger partial charge in [-0.3, -0.25) is 4.79 Å². The molecule has 0 saturated carbocycles. The fourth-order valence-electron chi connectivity index (χ4n) is 2.49. The van der Waals surface area contributed by atoms with Crippen molar-refractivity contribution in [3.05, 3.63) is 53.0 Å². The highest BCUT2D eigenvalue weighted by atomic mass is 79.9. The van der Waals surface area contributed by atoms with Crippen molar-refractivity contribution in [2.75, 3.05) is 18.2 Å². The summed E-state index contributed by atoms with van der Waals surface area (Å²) in [4.78, 5) is 12.2. The zero-order chi connectivity index (χ0) is 19.2. The smallest absolute Gasteiger partial charge is 0.234 e. The van der Waals surface area contributed by atoms with Crippen molar-refractivity contribution in [3.8, 4) is 17.1 Å². The normalized spacial score (nSPS) is 10.6. The molecule has 6 nitrogen and oxygen atoms in total. The van der Waals surface area contributed by atoms with Crippen LogP contribution >= 0.6 is 27.7 Å². The third-order valence-electron chi connectivity index (χ3n) is 3.84. The van der Waals surface area contributed by atoms with Gasteiger partial charge in [0.1, 0.15) is 5.75 Å². The van der Waals surface area contributed by atoms with Crippen LogP contribution in [0.1, 0.15) is 6.92 Å². The first-order valence-corrected chi connectivity index (χ1v) is 10.1. The Labute approximate surface area is 170 Å². The Morgan fingerprint density at radius 3 is 2.48 bits per heavy atom. The molecule has 1 heterocycles. The molecule has 0 saturated heterocycles. The van der Waals surface area contributed by atoms with Gasteiger partial charge >= 0.3 is 0 Å². The van der Waals surface area contributed by atoms with Crippen molar-refractivity contribution in [2.45, 2.75) is 18.6 Å². The monoisotopic (exact) mass is 446 g/mol. The van der Waals surface area contributed by atoms with Crippen molar-refractivity contribution >= 4 is 39.3 Å². The van der Waals surface area contributed by atoms with Gasteiger partial charge in [-0.1, -0.05) is 27.7 Å². The molecule has 0 fully saturated rings. The summed E-state index contributed by atoms with van der Waals surface area (Å²) in [6, 6.07) is 15.2. The van der Waals surface area contributed by atoms with Crippen molar-refractivity contribution in [1.82, 2.24) is 14.8 Å². The summed E-state index contributed by atoms with van der Waals surface area (Å²) in [5, 5.41) is 12.1. The van der Waals surface area contributed by atoms with Crippen LogP contribution in [0.3, 0.4) is 0 Å². The molecular formula is C19H19BrN4O2S. The van der Waals surface area contributed by atoms with Gasteiger partial charge in [-0.05, 0) is 55.5 Å². The third-order valence-corrected chi connectivity index (χ3v) is 5.34. The number of nitrogens with one attached hydrogen (secondary N) is 1. The first-order valence-electron chi connectivity index (χ1n) is 8.36. The molecule has 0 aliphatic rings. The fourth-order valence-corrected chi connectivity index (χ4v) is 3.56. The highest BCUT2D eigenvalue weighted by Gasteiger charge is 2.14. The molecule has 0 spiro atoms. The first kappa shape index (κ1) is 19.4. The summed E-state index contributed by atoms with van der Waals surface area (Å²) >= 11 is 4.75. The van der Waals surface area contributed by atoms with Crippen LogP contribution in [0.5, 0.6) is 5.75 Å². The molecule has 0 bridgehead atoms. The number of hydrogen-bond acceptors (Lipinski definition) is 5. The van der Waals surface area contributed by atoms with E-state index in [4.69, 9.17) is 4.74 Å². The Bertz CT molecular complexity index is 910. The van der Waals surface area contributed by atoms with Crippen LogP contribution in [0.2, 0.25) is 0 Å². The van der Waals surface area contributed by atoms with Gasteiger partial charge in [0, 0.05) is 22.3 Å². The van der Waals surface area contributed by atoms with E-state index in [1.165, 1.54) is 11.8 Å². The lowest BCUT2D eigenvalue weighted by Crippen LogP contribution is -2.14. The lowest BCUT2D eigenvalue weighted by Gasteiger charge is -2.08. The second-order valence-electron chi connectivity index (χ2n) is 5.62. The number of carbonyl (C=O) groups excluding carboxylic acids is 1. The van der Waals surface area contributed by atoms with Gasteiger partial charge in [-0.2, -0.15) is 0 Å². The number of methoxy groups -OCH3 is 1. The molecule has 0 aliphatic carbocycles. The Morgan fingerprint density at radius 1 is 1.15 bits per heavy atom. The minimum atomic E-state index is -0.0843. The quantitative estimate of drug-likeness (QED) is 0.542. The van der Waals surface area contributed by atoms with E-state index in [-0.39, 0.29) is 11.7 Å². The van der Waals surface area contributed by atoms with Crippen LogP contribution in [0, 0.1) is 0 Å². The largest absolute Gasteiger partial charge is 0.497 e. The number of thioether (sulfide) groups is 1. The number of ether oxygens (including phenoxy) is 1. The number of amides is 1. The van der Waals surface area contributed by atoms with Crippen LogP contribution in [0.25, 0.3) is 11.4 Å². The Balaban J connectivity index is 1.67. The predicted molar refractivity (Wildman–Crippen MR) is 111 cm³/mol. The van der Waals surface area contributed by atoms with E-state index in [0.29, 0.717) is 11.7 Å². The predicted octanol–water partition coefficient (Wildman–Crippen LogP) is 4.47. The number of halogens is 1. The zero-order valence-electron chi connectivity index (χ0n) is 15.0. The molecule has 1 N–H and O–H groups in total. The number of nitrogens with zero attached hydrogens (tertiary/aromatic N) is 3. The molecule has 0 aliphatic heterocycles. The van der Waals surface area contributed by atoms with Gasteiger partial charge in [0.05, 0.1) is 12.9 Å². The molecule has 1 amide bonds. The number of benzene rings is 2. The summed E-state index contributed by atoms with van der Waals surface area (Å²) in [5.41, 5.74) is 1.72. The van der Waals surface area contributed by atoms with Crippen molar-refractivity contribution < 1.29 is 9.53 Å². The van der Waals surface area contributed by atoms with Crippen LogP contribution < -0.4 is 10.1 Å². The highest BCUT2D eigenvalue weighted by molar-refractivity contribution is 9.10.